The molecule has 0 N–H and O–H groups in total. The maximum absolute atomic E-state index is 11.3. The highest BCUT2D eigenvalue weighted by molar-refractivity contribution is 7.90. The molecule has 0 saturated heterocycles. The molecule has 0 spiro atoms. The molecule has 0 radical (unpaired) electrons. The van der Waals surface area contributed by atoms with E-state index in [1.165, 1.54) is 12.5 Å². The Kier molecular flexibility index (Phi) is 3.70. The van der Waals surface area contributed by atoms with E-state index in [0.29, 0.717) is 6.61 Å². The van der Waals surface area contributed by atoms with E-state index < -0.39 is 9.84 Å². The summed E-state index contributed by atoms with van der Waals surface area (Å²) in [6.45, 7) is 6.20. The number of sulfone groups is 1. The van der Waals surface area contributed by atoms with Crippen LogP contribution in [0.3, 0.4) is 0 Å². The van der Waals surface area contributed by atoms with Crippen LogP contribution < -0.4 is 0 Å². The molecule has 0 aliphatic rings. The van der Waals surface area contributed by atoms with Crippen molar-refractivity contribution in [1.29, 1.82) is 0 Å². The van der Waals surface area contributed by atoms with Crippen molar-refractivity contribution in [2.75, 3.05) is 6.26 Å². The van der Waals surface area contributed by atoms with Crippen molar-refractivity contribution in [1.82, 2.24) is 4.98 Å². The molecule has 0 bridgehead atoms. The van der Waals surface area contributed by atoms with E-state index in [2.05, 4.69) is 4.98 Å². The summed E-state index contributed by atoms with van der Waals surface area (Å²) in [6, 6.07) is 1.59. The van der Waals surface area contributed by atoms with E-state index in [-0.39, 0.29) is 10.5 Å². The second kappa shape index (κ2) is 4.51. The quantitative estimate of drug-likeness (QED) is 0.812. The minimum absolute atomic E-state index is 0.225. The molecule has 0 aliphatic heterocycles. The first-order chi connectivity index (χ1) is 7.18. The zero-order chi connectivity index (χ0) is 12.4. The molecule has 0 amide bonds. The molecular weight excluding hydrogens is 226 g/mol. The average molecular weight is 243 g/mol. The van der Waals surface area contributed by atoms with Crippen LogP contribution in [0.4, 0.5) is 0 Å². The molecule has 0 unspecified atom stereocenters. The van der Waals surface area contributed by atoms with Gasteiger partial charge in [0.05, 0.1) is 17.1 Å². The number of pyridine rings is 1. The van der Waals surface area contributed by atoms with Crippen LogP contribution in [0.25, 0.3) is 0 Å². The Labute approximate surface area is 96.6 Å². The van der Waals surface area contributed by atoms with Crippen LogP contribution in [-0.2, 0) is 21.2 Å². The van der Waals surface area contributed by atoms with E-state index in [4.69, 9.17) is 4.74 Å². The number of hydrogen-bond acceptors (Lipinski definition) is 4. The van der Waals surface area contributed by atoms with Gasteiger partial charge in [0.1, 0.15) is 0 Å². The zero-order valence-electron chi connectivity index (χ0n) is 10.0. The lowest BCUT2D eigenvalue weighted by molar-refractivity contribution is -0.0151. The molecule has 1 aromatic heterocycles. The first-order valence-electron chi connectivity index (χ1n) is 4.96. The molecule has 0 aliphatic carbocycles. The summed E-state index contributed by atoms with van der Waals surface area (Å²) in [4.78, 5) is 4.12. The molecule has 0 aromatic carbocycles. The Bertz CT molecular complexity index is 460. The standard InChI is InChI=1S/C11H17NO3S/c1-11(2,3)15-8-9-5-10(7-12-6-9)16(4,13)14/h5-7H,8H2,1-4H3. The lowest BCUT2D eigenvalue weighted by Gasteiger charge is -2.19. The number of ether oxygens (including phenoxy) is 1. The second-order valence-corrected chi connectivity index (χ2v) is 6.72. The maximum Gasteiger partial charge on any atom is 0.177 e. The lowest BCUT2D eigenvalue weighted by atomic mass is 10.2. The van der Waals surface area contributed by atoms with Gasteiger partial charge in [-0.2, -0.15) is 0 Å². The molecule has 16 heavy (non-hydrogen) atoms. The molecule has 0 atom stereocenters. The SMILES string of the molecule is CC(C)(C)OCc1cncc(S(C)(=O)=O)c1. The summed E-state index contributed by atoms with van der Waals surface area (Å²) < 4.78 is 28.2. The predicted octanol–water partition coefficient (Wildman–Crippen LogP) is 1.80. The van der Waals surface area contributed by atoms with Gasteiger partial charge >= 0.3 is 0 Å². The van der Waals surface area contributed by atoms with Gasteiger partial charge in [-0.3, -0.25) is 4.98 Å². The van der Waals surface area contributed by atoms with Crippen LogP contribution in [0, 0.1) is 0 Å². The Morgan fingerprint density at radius 3 is 2.44 bits per heavy atom. The van der Waals surface area contributed by atoms with Crippen molar-refractivity contribution in [3.8, 4) is 0 Å². The second-order valence-electron chi connectivity index (χ2n) is 4.70. The Morgan fingerprint density at radius 1 is 1.31 bits per heavy atom. The molecule has 1 aromatic rings. The van der Waals surface area contributed by atoms with Crippen LogP contribution in [-0.4, -0.2) is 25.3 Å². The van der Waals surface area contributed by atoms with Crippen LogP contribution in [0.5, 0.6) is 0 Å². The molecule has 1 heterocycles. The van der Waals surface area contributed by atoms with Gasteiger partial charge in [-0.05, 0) is 32.4 Å². The maximum atomic E-state index is 11.3. The highest BCUT2D eigenvalue weighted by Gasteiger charge is 2.12. The minimum Gasteiger partial charge on any atom is -0.371 e. The third-order valence-electron chi connectivity index (χ3n) is 1.87. The zero-order valence-corrected chi connectivity index (χ0v) is 10.8. The van der Waals surface area contributed by atoms with Gasteiger partial charge in [0.15, 0.2) is 9.84 Å². The summed E-state index contributed by atoms with van der Waals surface area (Å²) in [5.74, 6) is 0. The molecule has 0 saturated carbocycles. The Hall–Kier alpha value is -0.940. The number of nitrogens with zero attached hydrogens (tertiary/aromatic N) is 1. The van der Waals surface area contributed by atoms with Gasteiger partial charge in [-0.25, -0.2) is 8.42 Å². The van der Waals surface area contributed by atoms with Crippen molar-refractivity contribution >= 4 is 9.84 Å². The fourth-order valence-corrected chi connectivity index (χ4v) is 1.66. The first kappa shape index (κ1) is 13.1. The van der Waals surface area contributed by atoms with Crippen LogP contribution in [0.15, 0.2) is 23.4 Å². The monoisotopic (exact) mass is 243 g/mol. The fraction of sp³-hybridized carbons (Fsp3) is 0.545. The normalized spacial score (nSPS) is 12.8. The van der Waals surface area contributed by atoms with Gasteiger partial charge in [0.25, 0.3) is 0 Å². The van der Waals surface area contributed by atoms with Crippen molar-refractivity contribution in [2.24, 2.45) is 0 Å². The summed E-state index contributed by atoms with van der Waals surface area (Å²) in [7, 11) is -3.20. The van der Waals surface area contributed by atoms with Gasteiger partial charge in [0.2, 0.25) is 0 Å². The summed E-state index contributed by atoms with van der Waals surface area (Å²) in [5.41, 5.74) is 0.513. The fourth-order valence-electron chi connectivity index (χ4n) is 1.05. The third-order valence-corrected chi connectivity index (χ3v) is 2.95. The van der Waals surface area contributed by atoms with E-state index in [1.807, 2.05) is 20.8 Å². The van der Waals surface area contributed by atoms with Crippen LogP contribution in [0.1, 0.15) is 26.3 Å². The van der Waals surface area contributed by atoms with E-state index in [1.54, 1.807) is 12.3 Å². The van der Waals surface area contributed by atoms with E-state index in [0.717, 1.165) is 5.56 Å². The predicted molar refractivity (Wildman–Crippen MR) is 61.9 cm³/mol. The summed E-state index contributed by atoms with van der Waals surface area (Å²) in [5, 5.41) is 0. The van der Waals surface area contributed by atoms with E-state index >= 15 is 0 Å². The smallest absolute Gasteiger partial charge is 0.177 e. The number of hydrogen-bond donors (Lipinski definition) is 0. The Balaban J connectivity index is 2.84. The largest absolute Gasteiger partial charge is 0.371 e. The Morgan fingerprint density at radius 2 is 1.94 bits per heavy atom. The molecule has 90 valence electrons. The third kappa shape index (κ3) is 4.28. The van der Waals surface area contributed by atoms with Gasteiger partial charge < -0.3 is 4.74 Å². The molecule has 1 rings (SSSR count). The van der Waals surface area contributed by atoms with Crippen LogP contribution in [0.2, 0.25) is 0 Å². The number of aromatic nitrogens is 1. The van der Waals surface area contributed by atoms with Gasteiger partial charge in [-0.1, -0.05) is 0 Å². The summed E-state index contributed by atoms with van der Waals surface area (Å²) >= 11 is 0. The van der Waals surface area contributed by atoms with Crippen molar-refractivity contribution < 1.29 is 13.2 Å². The molecule has 5 heteroatoms. The topological polar surface area (TPSA) is 56.3 Å². The molecular formula is C11H17NO3S. The summed E-state index contributed by atoms with van der Waals surface area (Å²) in [6.07, 6.45) is 4.12. The van der Waals surface area contributed by atoms with Crippen LogP contribution >= 0.6 is 0 Å². The minimum atomic E-state index is -3.20. The highest BCUT2D eigenvalue weighted by atomic mass is 32.2. The van der Waals surface area contributed by atoms with E-state index in [9.17, 15) is 8.42 Å². The number of rotatable bonds is 3. The van der Waals surface area contributed by atoms with Crippen molar-refractivity contribution in [2.45, 2.75) is 37.9 Å². The van der Waals surface area contributed by atoms with Gasteiger partial charge in [-0.15, -0.1) is 0 Å². The first-order valence-corrected chi connectivity index (χ1v) is 6.85. The molecule has 4 nitrogen and oxygen atoms in total. The van der Waals surface area contributed by atoms with Crippen molar-refractivity contribution in [3.05, 3.63) is 24.0 Å². The van der Waals surface area contributed by atoms with Gasteiger partial charge in [0, 0.05) is 18.6 Å². The highest BCUT2D eigenvalue weighted by Crippen LogP contribution is 2.14. The average Bonchev–Trinajstić information content (AvgIpc) is 2.13. The lowest BCUT2D eigenvalue weighted by Crippen LogP contribution is -2.18. The molecule has 0 fully saturated rings. The van der Waals surface area contributed by atoms with Crippen molar-refractivity contribution in [3.63, 3.8) is 0 Å².